The average Bonchev–Trinajstić information content (AvgIpc) is 3.01. The summed E-state index contributed by atoms with van der Waals surface area (Å²) in [5.41, 5.74) is 1.81. The van der Waals surface area contributed by atoms with Crippen molar-refractivity contribution in [3.05, 3.63) is 59.7 Å². The number of carbonyl (C=O) groups excluding carboxylic acids is 1. The van der Waals surface area contributed by atoms with Gasteiger partial charge in [-0.2, -0.15) is 0 Å². The summed E-state index contributed by atoms with van der Waals surface area (Å²) >= 11 is 0. The number of fused-ring (bicyclic) bond motifs is 1. The van der Waals surface area contributed by atoms with Crippen LogP contribution in [0.2, 0.25) is 0 Å². The SMILES string of the molecule is O=C(NCCCc1ccccc1)c1cccc2c1OCO2. The Balaban J connectivity index is 1.52. The molecule has 3 rings (SSSR count). The van der Waals surface area contributed by atoms with Crippen LogP contribution in [0.5, 0.6) is 11.5 Å². The first-order valence-electron chi connectivity index (χ1n) is 7.05. The van der Waals surface area contributed by atoms with Gasteiger partial charge in [-0.15, -0.1) is 0 Å². The van der Waals surface area contributed by atoms with Crippen LogP contribution in [0.3, 0.4) is 0 Å². The number of aryl methyl sites for hydroxylation is 1. The summed E-state index contributed by atoms with van der Waals surface area (Å²) in [5, 5.41) is 2.92. The van der Waals surface area contributed by atoms with E-state index in [0.717, 1.165) is 12.8 Å². The molecule has 0 radical (unpaired) electrons. The molecular formula is C17H17NO3. The molecule has 4 nitrogen and oxygen atoms in total. The predicted molar refractivity (Wildman–Crippen MR) is 79.7 cm³/mol. The fraction of sp³-hybridized carbons (Fsp3) is 0.235. The van der Waals surface area contributed by atoms with E-state index in [9.17, 15) is 4.79 Å². The quantitative estimate of drug-likeness (QED) is 0.858. The van der Waals surface area contributed by atoms with Crippen molar-refractivity contribution in [3.8, 4) is 11.5 Å². The lowest BCUT2D eigenvalue weighted by atomic mass is 10.1. The molecule has 1 amide bonds. The zero-order chi connectivity index (χ0) is 14.5. The van der Waals surface area contributed by atoms with E-state index in [0.29, 0.717) is 23.6 Å². The maximum Gasteiger partial charge on any atom is 0.255 e. The summed E-state index contributed by atoms with van der Waals surface area (Å²) in [6, 6.07) is 15.6. The van der Waals surface area contributed by atoms with Crippen molar-refractivity contribution in [2.24, 2.45) is 0 Å². The second-order valence-electron chi connectivity index (χ2n) is 4.88. The number of rotatable bonds is 5. The van der Waals surface area contributed by atoms with Gasteiger partial charge in [-0.05, 0) is 30.5 Å². The minimum Gasteiger partial charge on any atom is -0.454 e. The summed E-state index contributed by atoms with van der Waals surface area (Å²) in [6.07, 6.45) is 1.86. The number of hydrogen-bond acceptors (Lipinski definition) is 3. The first kappa shape index (κ1) is 13.5. The van der Waals surface area contributed by atoms with E-state index in [1.165, 1.54) is 5.56 Å². The number of benzene rings is 2. The van der Waals surface area contributed by atoms with Gasteiger partial charge in [0.1, 0.15) is 0 Å². The third-order valence-corrected chi connectivity index (χ3v) is 3.41. The van der Waals surface area contributed by atoms with Gasteiger partial charge in [-0.3, -0.25) is 4.79 Å². The molecule has 1 aliphatic rings. The van der Waals surface area contributed by atoms with E-state index in [2.05, 4.69) is 17.4 Å². The highest BCUT2D eigenvalue weighted by Crippen LogP contribution is 2.35. The number of nitrogens with one attached hydrogen (secondary N) is 1. The molecule has 21 heavy (non-hydrogen) atoms. The van der Waals surface area contributed by atoms with Crippen LogP contribution in [-0.4, -0.2) is 19.2 Å². The molecule has 108 valence electrons. The van der Waals surface area contributed by atoms with Gasteiger partial charge >= 0.3 is 0 Å². The van der Waals surface area contributed by atoms with Crippen molar-refractivity contribution < 1.29 is 14.3 Å². The van der Waals surface area contributed by atoms with Gasteiger partial charge < -0.3 is 14.8 Å². The van der Waals surface area contributed by atoms with Gasteiger partial charge in [0, 0.05) is 6.54 Å². The number of carbonyl (C=O) groups is 1. The van der Waals surface area contributed by atoms with Crippen molar-refractivity contribution in [1.82, 2.24) is 5.32 Å². The minimum atomic E-state index is -0.120. The lowest BCUT2D eigenvalue weighted by molar-refractivity contribution is 0.0948. The van der Waals surface area contributed by atoms with Crippen LogP contribution >= 0.6 is 0 Å². The van der Waals surface area contributed by atoms with E-state index in [1.54, 1.807) is 18.2 Å². The Kier molecular flexibility index (Phi) is 4.05. The van der Waals surface area contributed by atoms with Crippen molar-refractivity contribution >= 4 is 5.91 Å². The zero-order valence-corrected chi connectivity index (χ0v) is 11.7. The van der Waals surface area contributed by atoms with Crippen LogP contribution in [-0.2, 0) is 6.42 Å². The van der Waals surface area contributed by atoms with Gasteiger partial charge in [-0.25, -0.2) is 0 Å². The lowest BCUT2D eigenvalue weighted by Gasteiger charge is -2.07. The number of amides is 1. The van der Waals surface area contributed by atoms with Crippen LogP contribution < -0.4 is 14.8 Å². The third-order valence-electron chi connectivity index (χ3n) is 3.41. The lowest BCUT2D eigenvalue weighted by Crippen LogP contribution is -2.25. The Hall–Kier alpha value is -2.49. The molecule has 0 spiro atoms. The Bertz CT molecular complexity index is 625. The molecule has 0 saturated heterocycles. The highest BCUT2D eigenvalue weighted by Gasteiger charge is 2.21. The zero-order valence-electron chi connectivity index (χ0n) is 11.7. The van der Waals surface area contributed by atoms with E-state index in [1.807, 2.05) is 18.2 Å². The van der Waals surface area contributed by atoms with Crippen LogP contribution in [0.25, 0.3) is 0 Å². The molecule has 1 heterocycles. The maximum absolute atomic E-state index is 12.2. The van der Waals surface area contributed by atoms with Crippen LogP contribution in [0.15, 0.2) is 48.5 Å². The Morgan fingerprint density at radius 1 is 1.05 bits per heavy atom. The molecule has 1 N–H and O–H groups in total. The first-order valence-corrected chi connectivity index (χ1v) is 7.05. The third kappa shape index (κ3) is 3.16. The molecule has 0 unspecified atom stereocenters. The smallest absolute Gasteiger partial charge is 0.255 e. The highest BCUT2D eigenvalue weighted by atomic mass is 16.7. The van der Waals surface area contributed by atoms with Crippen LogP contribution in [0.4, 0.5) is 0 Å². The fourth-order valence-corrected chi connectivity index (χ4v) is 2.34. The molecule has 1 aliphatic heterocycles. The molecule has 0 aromatic heterocycles. The Morgan fingerprint density at radius 2 is 1.90 bits per heavy atom. The summed E-state index contributed by atoms with van der Waals surface area (Å²) < 4.78 is 10.6. The molecule has 2 aromatic carbocycles. The Morgan fingerprint density at radius 3 is 2.76 bits per heavy atom. The van der Waals surface area contributed by atoms with E-state index < -0.39 is 0 Å². The molecule has 0 bridgehead atoms. The van der Waals surface area contributed by atoms with Crippen LogP contribution in [0, 0.1) is 0 Å². The van der Waals surface area contributed by atoms with Crippen LogP contribution in [0.1, 0.15) is 22.3 Å². The van der Waals surface area contributed by atoms with Crippen molar-refractivity contribution in [2.45, 2.75) is 12.8 Å². The molecule has 0 fully saturated rings. The van der Waals surface area contributed by atoms with Gasteiger partial charge in [0.2, 0.25) is 6.79 Å². The molecule has 0 atom stereocenters. The highest BCUT2D eigenvalue weighted by molar-refractivity contribution is 5.97. The second kappa shape index (κ2) is 6.31. The largest absolute Gasteiger partial charge is 0.454 e. The van der Waals surface area contributed by atoms with Crippen molar-refractivity contribution in [2.75, 3.05) is 13.3 Å². The normalized spacial score (nSPS) is 12.2. The Labute approximate surface area is 123 Å². The number of hydrogen-bond donors (Lipinski definition) is 1. The van der Waals surface area contributed by atoms with Crippen molar-refractivity contribution in [1.29, 1.82) is 0 Å². The molecule has 4 heteroatoms. The number of ether oxygens (including phenoxy) is 2. The molecule has 2 aromatic rings. The molecular weight excluding hydrogens is 266 g/mol. The summed E-state index contributed by atoms with van der Waals surface area (Å²) in [6.45, 7) is 0.811. The van der Waals surface area contributed by atoms with Gasteiger partial charge in [0.05, 0.1) is 5.56 Å². The fourth-order valence-electron chi connectivity index (χ4n) is 2.34. The monoisotopic (exact) mass is 283 g/mol. The standard InChI is InChI=1S/C17H17NO3/c19-17(14-9-4-10-15-16(14)21-12-20-15)18-11-5-8-13-6-2-1-3-7-13/h1-4,6-7,9-10H,5,8,11-12H2,(H,18,19). The maximum atomic E-state index is 12.2. The first-order chi connectivity index (χ1) is 10.3. The second-order valence-corrected chi connectivity index (χ2v) is 4.88. The number of para-hydroxylation sites is 1. The molecule has 0 saturated carbocycles. The topological polar surface area (TPSA) is 47.6 Å². The summed E-state index contributed by atoms with van der Waals surface area (Å²) in [4.78, 5) is 12.2. The van der Waals surface area contributed by atoms with Gasteiger partial charge in [0.25, 0.3) is 5.91 Å². The average molecular weight is 283 g/mol. The van der Waals surface area contributed by atoms with Gasteiger partial charge in [0.15, 0.2) is 11.5 Å². The summed E-state index contributed by atoms with van der Waals surface area (Å²) in [5.74, 6) is 1.05. The van der Waals surface area contributed by atoms with E-state index in [4.69, 9.17) is 9.47 Å². The van der Waals surface area contributed by atoms with E-state index >= 15 is 0 Å². The van der Waals surface area contributed by atoms with Gasteiger partial charge in [-0.1, -0.05) is 36.4 Å². The minimum absolute atomic E-state index is 0.120. The predicted octanol–water partition coefficient (Wildman–Crippen LogP) is 2.78. The van der Waals surface area contributed by atoms with Crippen molar-refractivity contribution in [3.63, 3.8) is 0 Å². The summed E-state index contributed by atoms with van der Waals surface area (Å²) in [7, 11) is 0. The van der Waals surface area contributed by atoms with E-state index in [-0.39, 0.29) is 12.7 Å². The molecule has 0 aliphatic carbocycles.